The summed E-state index contributed by atoms with van der Waals surface area (Å²) in [5.41, 5.74) is 2.86. The van der Waals surface area contributed by atoms with Crippen molar-refractivity contribution in [2.24, 2.45) is 5.16 Å². The van der Waals surface area contributed by atoms with Crippen molar-refractivity contribution in [3.8, 4) is 5.75 Å². The van der Waals surface area contributed by atoms with Crippen LogP contribution < -0.4 is 10.1 Å². The predicted molar refractivity (Wildman–Crippen MR) is 94.2 cm³/mol. The largest absolute Gasteiger partial charge is 0.489 e. The molecule has 0 radical (unpaired) electrons. The van der Waals surface area contributed by atoms with Crippen LogP contribution in [-0.2, 0) is 16.2 Å². The first-order valence-corrected chi connectivity index (χ1v) is 7.86. The fourth-order valence-corrected chi connectivity index (χ4v) is 2.21. The van der Waals surface area contributed by atoms with Gasteiger partial charge in [-0.2, -0.15) is 0 Å². The van der Waals surface area contributed by atoms with Crippen LogP contribution in [-0.4, -0.2) is 25.3 Å². The second-order valence-corrected chi connectivity index (χ2v) is 5.15. The molecule has 0 aliphatic carbocycles. The molecule has 5 nitrogen and oxygen atoms in total. The Balaban J connectivity index is 2.28. The number of rotatable bonds is 7. The summed E-state index contributed by atoms with van der Waals surface area (Å²) < 4.78 is 5.90. The first-order chi connectivity index (χ1) is 11.7. The number of para-hydroxylation sites is 1. The highest BCUT2D eigenvalue weighted by molar-refractivity contribution is 6.45. The topological polar surface area (TPSA) is 59.9 Å². The van der Waals surface area contributed by atoms with Crippen molar-refractivity contribution in [1.82, 2.24) is 5.32 Å². The first-order valence-electron chi connectivity index (χ1n) is 7.86. The van der Waals surface area contributed by atoms with E-state index in [2.05, 4.69) is 10.5 Å². The van der Waals surface area contributed by atoms with Gasteiger partial charge in [-0.15, -0.1) is 0 Å². The molecule has 0 saturated carbocycles. The molecule has 1 N–H and O–H groups in total. The number of oxime groups is 1. The number of carbonyl (C=O) groups is 1. The molecule has 0 spiro atoms. The average molecular weight is 326 g/mol. The van der Waals surface area contributed by atoms with Gasteiger partial charge in [0.2, 0.25) is 0 Å². The molecule has 0 fully saturated rings. The second-order valence-electron chi connectivity index (χ2n) is 5.15. The Morgan fingerprint density at radius 1 is 1.12 bits per heavy atom. The Hall–Kier alpha value is -2.82. The van der Waals surface area contributed by atoms with Crippen LogP contribution in [0.5, 0.6) is 5.75 Å². The van der Waals surface area contributed by atoms with E-state index < -0.39 is 0 Å². The Bertz CT molecular complexity index is 726. The summed E-state index contributed by atoms with van der Waals surface area (Å²) in [5, 5.41) is 6.56. The molecule has 0 aliphatic heterocycles. The fraction of sp³-hybridized carbons (Fsp3) is 0.263. The van der Waals surface area contributed by atoms with Gasteiger partial charge in [-0.3, -0.25) is 4.79 Å². The zero-order valence-corrected chi connectivity index (χ0v) is 14.2. The van der Waals surface area contributed by atoms with Gasteiger partial charge in [0.25, 0.3) is 5.91 Å². The van der Waals surface area contributed by atoms with E-state index in [4.69, 9.17) is 9.57 Å². The minimum absolute atomic E-state index is 0.239. The third-order valence-corrected chi connectivity index (χ3v) is 3.48. The van der Waals surface area contributed by atoms with Crippen molar-refractivity contribution in [2.75, 3.05) is 13.7 Å². The van der Waals surface area contributed by atoms with Crippen LogP contribution >= 0.6 is 0 Å². The number of hydrogen-bond acceptors (Lipinski definition) is 4. The van der Waals surface area contributed by atoms with E-state index >= 15 is 0 Å². The number of carbonyl (C=O) groups excluding carboxylic acids is 1. The van der Waals surface area contributed by atoms with E-state index in [-0.39, 0.29) is 11.6 Å². The van der Waals surface area contributed by atoms with Crippen LogP contribution in [0.3, 0.4) is 0 Å². The quantitative estimate of drug-likeness (QED) is 0.628. The van der Waals surface area contributed by atoms with Crippen molar-refractivity contribution < 1.29 is 14.4 Å². The lowest BCUT2D eigenvalue weighted by molar-refractivity contribution is -0.114. The monoisotopic (exact) mass is 326 g/mol. The number of ether oxygens (including phenoxy) is 1. The maximum atomic E-state index is 12.1. The minimum atomic E-state index is -0.299. The second kappa shape index (κ2) is 8.72. The van der Waals surface area contributed by atoms with Crippen molar-refractivity contribution in [2.45, 2.75) is 20.5 Å². The van der Waals surface area contributed by atoms with Gasteiger partial charge in [0.15, 0.2) is 5.71 Å². The molecule has 0 aromatic heterocycles. The molecule has 126 valence electrons. The number of likely N-dealkylation sites (N-methyl/N-ethyl adjacent to an activating group) is 1. The Kier molecular flexibility index (Phi) is 6.37. The molecule has 0 atom stereocenters. The lowest BCUT2D eigenvalue weighted by Gasteiger charge is -2.13. The van der Waals surface area contributed by atoms with E-state index in [0.717, 1.165) is 16.9 Å². The van der Waals surface area contributed by atoms with E-state index in [1.54, 1.807) is 7.05 Å². The highest BCUT2D eigenvalue weighted by Gasteiger charge is 2.17. The smallest absolute Gasteiger partial charge is 0.273 e. The Morgan fingerprint density at radius 3 is 2.54 bits per heavy atom. The summed E-state index contributed by atoms with van der Waals surface area (Å²) in [5.74, 6) is 0.516. The zero-order valence-electron chi connectivity index (χ0n) is 14.2. The molecule has 0 aliphatic rings. The van der Waals surface area contributed by atoms with Gasteiger partial charge < -0.3 is 14.9 Å². The fourth-order valence-electron chi connectivity index (χ4n) is 2.21. The van der Waals surface area contributed by atoms with Crippen molar-refractivity contribution in [3.63, 3.8) is 0 Å². The summed E-state index contributed by atoms with van der Waals surface area (Å²) in [6.07, 6.45) is 0. The van der Waals surface area contributed by atoms with Crippen LogP contribution in [0.1, 0.15) is 23.6 Å². The summed E-state index contributed by atoms with van der Waals surface area (Å²) >= 11 is 0. The molecule has 24 heavy (non-hydrogen) atoms. The van der Waals surface area contributed by atoms with Crippen LogP contribution in [0.2, 0.25) is 0 Å². The summed E-state index contributed by atoms with van der Waals surface area (Å²) in [7, 11) is 1.57. The van der Waals surface area contributed by atoms with Gasteiger partial charge in [-0.1, -0.05) is 47.6 Å². The number of nitrogens with zero attached hydrogens (tertiary/aromatic N) is 1. The molecule has 0 bridgehead atoms. The molecule has 5 heteroatoms. The Labute approximate surface area is 142 Å². The molecular weight excluding hydrogens is 304 g/mol. The lowest BCUT2D eigenvalue weighted by Crippen LogP contribution is -2.29. The summed E-state index contributed by atoms with van der Waals surface area (Å²) in [6.45, 7) is 4.54. The highest BCUT2D eigenvalue weighted by atomic mass is 16.6. The molecule has 0 heterocycles. The van der Waals surface area contributed by atoms with Gasteiger partial charge in [-0.25, -0.2) is 0 Å². The summed E-state index contributed by atoms with van der Waals surface area (Å²) in [4.78, 5) is 17.2. The van der Waals surface area contributed by atoms with Crippen molar-refractivity contribution >= 4 is 11.6 Å². The molecule has 2 aromatic rings. The average Bonchev–Trinajstić information content (AvgIpc) is 2.62. The van der Waals surface area contributed by atoms with Crippen LogP contribution in [0.25, 0.3) is 0 Å². The SMILES string of the molecule is CCON=C(C(=O)NC)c1ccccc1COc1ccccc1C. The maximum absolute atomic E-state index is 12.1. The van der Waals surface area contributed by atoms with Gasteiger partial charge in [0.05, 0.1) is 0 Å². The zero-order chi connectivity index (χ0) is 17.4. The van der Waals surface area contributed by atoms with E-state index in [9.17, 15) is 4.79 Å². The van der Waals surface area contributed by atoms with E-state index in [1.807, 2.05) is 62.4 Å². The lowest BCUT2D eigenvalue weighted by atomic mass is 10.0. The summed E-state index contributed by atoms with van der Waals surface area (Å²) in [6, 6.07) is 15.3. The number of hydrogen-bond donors (Lipinski definition) is 1. The van der Waals surface area contributed by atoms with Gasteiger partial charge in [-0.05, 0) is 31.0 Å². The first kappa shape index (κ1) is 17.5. The number of benzene rings is 2. The minimum Gasteiger partial charge on any atom is -0.489 e. The van der Waals surface area contributed by atoms with Crippen molar-refractivity contribution in [3.05, 3.63) is 65.2 Å². The van der Waals surface area contributed by atoms with Crippen molar-refractivity contribution in [1.29, 1.82) is 0 Å². The highest BCUT2D eigenvalue weighted by Crippen LogP contribution is 2.19. The predicted octanol–water partition coefficient (Wildman–Crippen LogP) is 3.06. The molecule has 0 unspecified atom stereocenters. The van der Waals surface area contributed by atoms with Gasteiger partial charge in [0.1, 0.15) is 19.0 Å². The molecule has 1 amide bonds. The van der Waals surface area contributed by atoms with Crippen LogP contribution in [0.15, 0.2) is 53.7 Å². The third-order valence-electron chi connectivity index (χ3n) is 3.48. The molecule has 2 aromatic carbocycles. The Morgan fingerprint density at radius 2 is 1.83 bits per heavy atom. The van der Waals surface area contributed by atoms with Gasteiger partial charge >= 0.3 is 0 Å². The van der Waals surface area contributed by atoms with Gasteiger partial charge in [0, 0.05) is 12.6 Å². The standard InChI is InChI=1S/C19H22N2O3/c1-4-24-21-18(19(22)20-3)16-11-7-6-10-15(16)13-23-17-12-8-5-9-14(17)2/h5-12H,4,13H2,1-3H3,(H,20,22). The molecular formula is C19H22N2O3. The van der Waals surface area contributed by atoms with Crippen LogP contribution in [0, 0.1) is 6.92 Å². The normalized spacial score (nSPS) is 11.0. The number of amides is 1. The molecule has 2 rings (SSSR count). The number of aryl methyl sites for hydroxylation is 1. The van der Waals surface area contributed by atoms with E-state index in [1.165, 1.54) is 0 Å². The maximum Gasteiger partial charge on any atom is 0.273 e. The molecule has 0 saturated heterocycles. The van der Waals surface area contributed by atoms with E-state index in [0.29, 0.717) is 18.8 Å². The third kappa shape index (κ3) is 4.35. The van der Waals surface area contributed by atoms with Crippen LogP contribution in [0.4, 0.5) is 0 Å². The number of nitrogens with one attached hydrogen (secondary N) is 1.